The molecule has 2 aromatic carbocycles. The summed E-state index contributed by atoms with van der Waals surface area (Å²) in [6.45, 7) is 5.82. The van der Waals surface area contributed by atoms with Gasteiger partial charge in [0, 0.05) is 37.9 Å². The van der Waals surface area contributed by atoms with Crippen molar-refractivity contribution in [3.63, 3.8) is 0 Å². The Balaban J connectivity index is 1.52. The number of aromatic nitrogens is 2. The Bertz CT molecular complexity index is 1170. The van der Waals surface area contributed by atoms with E-state index in [0.29, 0.717) is 18.9 Å². The fourth-order valence-corrected chi connectivity index (χ4v) is 3.72. The van der Waals surface area contributed by atoms with Crippen molar-refractivity contribution >= 4 is 5.91 Å². The number of morpholine rings is 1. The first-order valence-corrected chi connectivity index (χ1v) is 10.5. The first-order valence-electron chi connectivity index (χ1n) is 10.5. The van der Waals surface area contributed by atoms with Crippen molar-refractivity contribution in [3.05, 3.63) is 93.2 Å². The number of nitrogens with zero attached hydrogens (tertiary/aromatic N) is 3. The number of benzene rings is 2. The number of rotatable bonds is 6. The highest BCUT2D eigenvalue weighted by molar-refractivity contribution is 5.92. The number of carbonyl (C=O) groups is 1. The van der Waals surface area contributed by atoms with Crippen LogP contribution in [-0.4, -0.2) is 46.9 Å². The third-order valence-corrected chi connectivity index (χ3v) is 5.46. The molecule has 1 N–H and O–H groups in total. The normalized spacial score (nSPS) is 14.3. The molecule has 1 aliphatic heterocycles. The summed E-state index contributed by atoms with van der Waals surface area (Å²) in [6, 6.07) is 15.3. The van der Waals surface area contributed by atoms with Crippen LogP contribution in [0.25, 0.3) is 5.69 Å². The van der Waals surface area contributed by atoms with E-state index in [2.05, 4.69) is 15.3 Å². The number of carbonyl (C=O) groups excluding carboxylic acids is 1. The Morgan fingerprint density at radius 1 is 1.09 bits per heavy atom. The van der Waals surface area contributed by atoms with Gasteiger partial charge in [0.2, 0.25) is 5.43 Å². The minimum atomic E-state index is -0.596. The van der Waals surface area contributed by atoms with Crippen molar-refractivity contribution in [2.45, 2.75) is 20.0 Å². The van der Waals surface area contributed by atoms with E-state index >= 15 is 0 Å². The second-order valence-electron chi connectivity index (χ2n) is 7.70. The van der Waals surface area contributed by atoms with Gasteiger partial charge >= 0.3 is 0 Å². The van der Waals surface area contributed by atoms with Gasteiger partial charge in [-0.3, -0.25) is 14.5 Å². The van der Waals surface area contributed by atoms with Crippen molar-refractivity contribution in [3.8, 4) is 5.69 Å². The number of halogens is 1. The van der Waals surface area contributed by atoms with Crippen LogP contribution in [0.5, 0.6) is 0 Å². The number of aryl methyl sites for hydroxylation is 1. The van der Waals surface area contributed by atoms with Gasteiger partial charge in [-0.2, -0.15) is 5.10 Å². The highest BCUT2D eigenvalue weighted by Crippen LogP contribution is 2.14. The summed E-state index contributed by atoms with van der Waals surface area (Å²) in [6.07, 6.45) is 0. The first kappa shape index (κ1) is 21.9. The summed E-state index contributed by atoms with van der Waals surface area (Å²) in [5, 5.41) is 6.96. The molecule has 0 bridgehead atoms. The average molecular weight is 436 g/mol. The van der Waals surface area contributed by atoms with Crippen LogP contribution in [-0.2, 0) is 17.8 Å². The van der Waals surface area contributed by atoms with Gasteiger partial charge in [0.25, 0.3) is 5.91 Å². The molecule has 0 atom stereocenters. The zero-order valence-electron chi connectivity index (χ0n) is 17.9. The van der Waals surface area contributed by atoms with Crippen LogP contribution >= 0.6 is 0 Å². The molecule has 1 fully saturated rings. The Hall–Kier alpha value is -3.36. The number of amides is 1. The van der Waals surface area contributed by atoms with Crippen LogP contribution in [0.3, 0.4) is 0 Å². The van der Waals surface area contributed by atoms with E-state index in [1.54, 1.807) is 25.1 Å². The van der Waals surface area contributed by atoms with E-state index in [1.165, 1.54) is 16.8 Å². The van der Waals surface area contributed by atoms with Gasteiger partial charge in [0.05, 0.1) is 13.2 Å². The highest BCUT2D eigenvalue weighted by Gasteiger charge is 2.18. The molecule has 0 radical (unpaired) electrons. The SMILES string of the molecule is Cc1cc(=O)c(C(=O)NCc2ccccc2CN2CCOCC2)nn1-c1ccccc1F. The van der Waals surface area contributed by atoms with Gasteiger partial charge < -0.3 is 10.1 Å². The number of nitrogens with one attached hydrogen (secondary N) is 1. The van der Waals surface area contributed by atoms with Crippen LogP contribution in [0.4, 0.5) is 4.39 Å². The van der Waals surface area contributed by atoms with Crippen molar-refractivity contribution < 1.29 is 13.9 Å². The lowest BCUT2D eigenvalue weighted by atomic mass is 10.1. The van der Waals surface area contributed by atoms with E-state index in [-0.39, 0.29) is 17.9 Å². The van der Waals surface area contributed by atoms with Gasteiger partial charge in [0.1, 0.15) is 11.5 Å². The quantitative estimate of drug-likeness (QED) is 0.642. The summed E-state index contributed by atoms with van der Waals surface area (Å²) < 4.78 is 20.9. The minimum absolute atomic E-state index is 0.176. The summed E-state index contributed by atoms with van der Waals surface area (Å²) in [4.78, 5) is 27.6. The second kappa shape index (κ2) is 9.84. The van der Waals surface area contributed by atoms with Gasteiger partial charge in [-0.05, 0) is 30.2 Å². The van der Waals surface area contributed by atoms with Crippen LogP contribution in [0.15, 0.2) is 59.4 Å². The van der Waals surface area contributed by atoms with E-state index in [1.807, 2.05) is 24.3 Å². The van der Waals surface area contributed by atoms with Gasteiger partial charge in [-0.25, -0.2) is 9.07 Å². The maximum Gasteiger partial charge on any atom is 0.276 e. The average Bonchev–Trinajstić information content (AvgIpc) is 2.80. The number of hydrogen-bond acceptors (Lipinski definition) is 5. The van der Waals surface area contributed by atoms with E-state index in [4.69, 9.17) is 4.74 Å². The fraction of sp³-hybridized carbons (Fsp3) is 0.292. The maximum atomic E-state index is 14.2. The lowest BCUT2D eigenvalue weighted by molar-refractivity contribution is 0.0340. The molecular weight excluding hydrogens is 411 g/mol. The molecule has 4 rings (SSSR count). The molecule has 1 saturated heterocycles. The molecule has 1 aliphatic rings. The number of hydrogen-bond donors (Lipinski definition) is 1. The predicted octanol–water partition coefficient (Wildman–Crippen LogP) is 2.44. The maximum absolute atomic E-state index is 14.2. The Labute approximate surface area is 185 Å². The zero-order chi connectivity index (χ0) is 22.5. The fourth-order valence-electron chi connectivity index (χ4n) is 3.72. The molecule has 2 heterocycles. The Morgan fingerprint density at radius 3 is 2.53 bits per heavy atom. The van der Waals surface area contributed by atoms with Crippen LogP contribution in [0.1, 0.15) is 27.3 Å². The number of ether oxygens (including phenoxy) is 1. The topological polar surface area (TPSA) is 76.5 Å². The van der Waals surface area contributed by atoms with Gasteiger partial charge in [-0.15, -0.1) is 0 Å². The molecule has 166 valence electrons. The summed E-state index contributed by atoms with van der Waals surface area (Å²) >= 11 is 0. The smallest absolute Gasteiger partial charge is 0.276 e. The highest BCUT2D eigenvalue weighted by atomic mass is 19.1. The van der Waals surface area contributed by atoms with E-state index in [9.17, 15) is 14.0 Å². The zero-order valence-corrected chi connectivity index (χ0v) is 17.9. The molecule has 0 aliphatic carbocycles. The summed E-state index contributed by atoms with van der Waals surface area (Å²) in [5.41, 5.74) is 1.91. The molecule has 0 saturated carbocycles. The summed E-state index contributed by atoms with van der Waals surface area (Å²) in [5.74, 6) is -1.09. The molecule has 0 spiro atoms. The Kier molecular flexibility index (Phi) is 6.72. The van der Waals surface area contributed by atoms with Crippen LogP contribution < -0.4 is 10.7 Å². The van der Waals surface area contributed by atoms with Crippen molar-refractivity contribution in [1.29, 1.82) is 0 Å². The predicted molar refractivity (Wildman–Crippen MR) is 118 cm³/mol. The van der Waals surface area contributed by atoms with Gasteiger partial charge in [-0.1, -0.05) is 36.4 Å². The lowest BCUT2D eigenvalue weighted by Crippen LogP contribution is -2.36. The number of para-hydroxylation sites is 1. The molecule has 7 nitrogen and oxygen atoms in total. The largest absolute Gasteiger partial charge is 0.379 e. The third-order valence-electron chi connectivity index (χ3n) is 5.46. The van der Waals surface area contributed by atoms with E-state index in [0.717, 1.165) is 30.8 Å². The minimum Gasteiger partial charge on any atom is -0.379 e. The standard InChI is InChI=1S/C24H25FN4O3/c1-17-14-22(30)23(27-29(17)21-9-5-4-8-20(21)25)24(31)26-15-18-6-2-3-7-19(18)16-28-10-12-32-13-11-28/h2-9,14H,10-13,15-16H2,1H3,(H,26,31). The van der Waals surface area contributed by atoms with E-state index < -0.39 is 17.2 Å². The molecule has 8 heteroatoms. The molecule has 1 aromatic heterocycles. The lowest BCUT2D eigenvalue weighted by Gasteiger charge is -2.27. The molecule has 0 unspecified atom stereocenters. The summed E-state index contributed by atoms with van der Waals surface area (Å²) in [7, 11) is 0. The van der Waals surface area contributed by atoms with Crippen molar-refractivity contribution in [1.82, 2.24) is 20.0 Å². The monoisotopic (exact) mass is 436 g/mol. The molecule has 32 heavy (non-hydrogen) atoms. The van der Waals surface area contributed by atoms with Crippen molar-refractivity contribution in [2.75, 3.05) is 26.3 Å². The second-order valence-corrected chi connectivity index (χ2v) is 7.70. The first-order chi connectivity index (χ1) is 15.5. The van der Waals surface area contributed by atoms with Crippen LogP contribution in [0.2, 0.25) is 0 Å². The van der Waals surface area contributed by atoms with Gasteiger partial charge in [0.15, 0.2) is 5.69 Å². The van der Waals surface area contributed by atoms with Crippen LogP contribution in [0, 0.1) is 12.7 Å². The Morgan fingerprint density at radius 2 is 1.78 bits per heavy atom. The molecular formula is C24H25FN4O3. The van der Waals surface area contributed by atoms with Crippen molar-refractivity contribution in [2.24, 2.45) is 0 Å². The molecule has 1 amide bonds. The molecule has 3 aromatic rings. The third kappa shape index (κ3) is 4.92.